The lowest BCUT2D eigenvalue weighted by molar-refractivity contribution is 0.0625. The summed E-state index contributed by atoms with van der Waals surface area (Å²) in [5.41, 5.74) is 0. The highest BCUT2D eigenvalue weighted by Crippen LogP contribution is 2.23. The van der Waals surface area contributed by atoms with Crippen LogP contribution in [0.5, 0.6) is 0 Å². The lowest BCUT2D eigenvalue weighted by Gasteiger charge is -2.21. The molecule has 1 fully saturated rings. The Kier molecular flexibility index (Phi) is 5.55. The first-order chi connectivity index (χ1) is 8.86. The fraction of sp³-hybridized carbons (Fsp3) is 0.714. The first kappa shape index (κ1) is 13.4. The zero-order chi connectivity index (χ0) is 12.6. The summed E-state index contributed by atoms with van der Waals surface area (Å²) in [5.74, 6) is 1.37. The van der Waals surface area contributed by atoms with Crippen LogP contribution in [0.4, 0.5) is 0 Å². The van der Waals surface area contributed by atoms with Gasteiger partial charge in [0.15, 0.2) is 5.82 Å². The highest BCUT2D eigenvalue weighted by atomic mass is 16.5. The van der Waals surface area contributed by atoms with Crippen molar-refractivity contribution in [2.45, 2.75) is 44.6 Å². The zero-order valence-corrected chi connectivity index (χ0v) is 10.8. The van der Waals surface area contributed by atoms with E-state index in [1.807, 2.05) is 0 Å². The summed E-state index contributed by atoms with van der Waals surface area (Å²) in [5, 5.41) is 9.91. The minimum Gasteiger partial charge on any atom is -0.385 e. The Hall–Kier alpha value is -1.00. The molecule has 0 radical (unpaired) electrons. The van der Waals surface area contributed by atoms with Crippen molar-refractivity contribution in [2.24, 2.45) is 5.92 Å². The molecule has 1 N–H and O–H groups in total. The van der Waals surface area contributed by atoms with Gasteiger partial charge in [-0.1, -0.05) is 19.3 Å². The second-order valence-corrected chi connectivity index (χ2v) is 4.96. The van der Waals surface area contributed by atoms with Crippen molar-refractivity contribution in [1.29, 1.82) is 0 Å². The molecule has 2 rings (SSSR count). The molecule has 100 valence electrons. The Balaban J connectivity index is 1.60. The van der Waals surface area contributed by atoms with Gasteiger partial charge in [0.25, 0.3) is 0 Å². The fourth-order valence-corrected chi connectivity index (χ4v) is 2.42. The summed E-state index contributed by atoms with van der Waals surface area (Å²) < 4.78 is 5.35. The molecule has 0 amide bonds. The van der Waals surface area contributed by atoms with Crippen LogP contribution in [0.15, 0.2) is 18.5 Å². The number of ether oxygens (including phenoxy) is 1. The first-order valence-corrected chi connectivity index (χ1v) is 6.89. The predicted molar refractivity (Wildman–Crippen MR) is 69.0 cm³/mol. The van der Waals surface area contributed by atoms with Gasteiger partial charge in [0, 0.05) is 25.6 Å². The molecule has 0 bridgehead atoms. The summed E-state index contributed by atoms with van der Waals surface area (Å²) in [6, 6.07) is 1.77. The van der Waals surface area contributed by atoms with E-state index >= 15 is 0 Å². The van der Waals surface area contributed by atoms with Crippen molar-refractivity contribution in [2.75, 3.05) is 13.2 Å². The monoisotopic (exact) mass is 250 g/mol. The number of hydrogen-bond acceptors (Lipinski definition) is 4. The van der Waals surface area contributed by atoms with Crippen molar-refractivity contribution < 1.29 is 9.84 Å². The molecule has 1 saturated heterocycles. The SMILES string of the molecule is OC(CCCCC1CCOCC1)c1ncccn1. The number of unbranched alkanes of at least 4 members (excludes halogenated alkanes) is 1. The maximum Gasteiger partial charge on any atom is 0.156 e. The highest BCUT2D eigenvalue weighted by molar-refractivity contribution is 4.92. The topological polar surface area (TPSA) is 55.2 Å². The fourth-order valence-electron chi connectivity index (χ4n) is 2.42. The van der Waals surface area contributed by atoms with Gasteiger partial charge in [-0.25, -0.2) is 9.97 Å². The number of aliphatic hydroxyl groups excluding tert-OH is 1. The molecule has 1 aromatic rings. The third kappa shape index (κ3) is 4.35. The van der Waals surface area contributed by atoms with Gasteiger partial charge in [-0.05, 0) is 31.2 Å². The van der Waals surface area contributed by atoms with Crippen LogP contribution in [-0.2, 0) is 4.74 Å². The summed E-state index contributed by atoms with van der Waals surface area (Å²) in [6.45, 7) is 1.84. The van der Waals surface area contributed by atoms with Crippen LogP contribution in [0.1, 0.15) is 50.5 Å². The Labute approximate surface area is 108 Å². The molecule has 1 aliphatic heterocycles. The van der Waals surface area contributed by atoms with Gasteiger partial charge < -0.3 is 9.84 Å². The predicted octanol–water partition coefficient (Wildman–Crippen LogP) is 2.50. The number of aliphatic hydroxyl groups is 1. The van der Waals surface area contributed by atoms with Gasteiger partial charge in [-0.3, -0.25) is 0 Å². The molecule has 0 aromatic carbocycles. The van der Waals surface area contributed by atoms with Crippen LogP contribution in [0, 0.1) is 5.92 Å². The van der Waals surface area contributed by atoms with E-state index in [4.69, 9.17) is 4.74 Å². The molecule has 4 heteroatoms. The van der Waals surface area contributed by atoms with Crippen LogP contribution in [0.3, 0.4) is 0 Å². The van der Waals surface area contributed by atoms with Crippen molar-refractivity contribution in [1.82, 2.24) is 9.97 Å². The van der Waals surface area contributed by atoms with Gasteiger partial charge in [-0.2, -0.15) is 0 Å². The normalized spacial score (nSPS) is 18.7. The number of hydrogen-bond donors (Lipinski definition) is 1. The van der Waals surface area contributed by atoms with Crippen LogP contribution >= 0.6 is 0 Å². The molecule has 2 heterocycles. The van der Waals surface area contributed by atoms with E-state index in [2.05, 4.69) is 9.97 Å². The maximum atomic E-state index is 9.91. The Bertz CT molecular complexity index is 326. The van der Waals surface area contributed by atoms with E-state index in [0.29, 0.717) is 5.82 Å². The average molecular weight is 250 g/mol. The molecule has 1 unspecified atom stereocenters. The number of nitrogens with zero attached hydrogens (tertiary/aromatic N) is 2. The van der Waals surface area contributed by atoms with E-state index in [1.165, 1.54) is 25.7 Å². The largest absolute Gasteiger partial charge is 0.385 e. The van der Waals surface area contributed by atoms with Gasteiger partial charge >= 0.3 is 0 Å². The summed E-state index contributed by atoms with van der Waals surface area (Å²) in [4.78, 5) is 8.14. The minimum absolute atomic E-state index is 0.513. The molecular formula is C14H22N2O2. The summed E-state index contributed by atoms with van der Waals surface area (Å²) >= 11 is 0. The van der Waals surface area contributed by atoms with Crippen LogP contribution < -0.4 is 0 Å². The number of rotatable bonds is 6. The van der Waals surface area contributed by atoms with Crippen molar-refractivity contribution >= 4 is 0 Å². The third-order valence-corrected chi connectivity index (χ3v) is 3.56. The lowest BCUT2D eigenvalue weighted by Crippen LogP contribution is -2.15. The molecular weight excluding hydrogens is 228 g/mol. The molecule has 0 aliphatic carbocycles. The molecule has 0 spiro atoms. The summed E-state index contributed by atoms with van der Waals surface area (Å²) in [6.07, 6.45) is 9.46. The Morgan fingerprint density at radius 2 is 1.94 bits per heavy atom. The maximum absolute atomic E-state index is 9.91. The minimum atomic E-state index is -0.513. The third-order valence-electron chi connectivity index (χ3n) is 3.56. The van der Waals surface area contributed by atoms with E-state index in [1.54, 1.807) is 18.5 Å². The van der Waals surface area contributed by atoms with E-state index < -0.39 is 6.10 Å². The van der Waals surface area contributed by atoms with Gasteiger partial charge in [-0.15, -0.1) is 0 Å². The molecule has 4 nitrogen and oxygen atoms in total. The lowest BCUT2D eigenvalue weighted by atomic mass is 9.93. The van der Waals surface area contributed by atoms with E-state index in [9.17, 15) is 5.11 Å². The smallest absolute Gasteiger partial charge is 0.156 e. The van der Waals surface area contributed by atoms with Gasteiger partial charge in [0.05, 0.1) is 0 Å². The summed E-state index contributed by atoms with van der Waals surface area (Å²) in [7, 11) is 0. The molecule has 18 heavy (non-hydrogen) atoms. The molecule has 1 atom stereocenters. The standard InChI is InChI=1S/C14H22N2O2/c17-13(14-15-8-3-9-16-14)5-2-1-4-12-6-10-18-11-7-12/h3,8-9,12-13,17H,1-2,4-7,10-11H2. The van der Waals surface area contributed by atoms with Crippen LogP contribution in [0.25, 0.3) is 0 Å². The van der Waals surface area contributed by atoms with Crippen molar-refractivity contribution in [3.05, 3.63) is 24.3 Å². The van der Waals surface area contributed by atoms with Crippen molar-refractivity contribution in [3.8, 4) is 0 Å². The van der Waals surface area contributed by atoms with Crippen LogP contribution in [0.2, 0.25) is 0 Å². The first-order valence-electron chi connectivity index (χ1n) is 6.89. The molecule has 1 aromatic heterocycles. The van der Waals surface area contributed by atoms with Crippen molar-refractivity contribution in [3.63, 3.8) is 0 Å². The second-order valence-electron chi connectivity index (χ2n) is 4.96. The Morgan fingerprint density at radius 3 is 2.67 bits per heavy atom. The zero-order valence-electron chi connectivity index (χ0n) is 10.8. The van der Waals surface area contributed by atoms with Gasteiger partial charge in [0.2, 0.25) is 0 Å². The van der Waals surface area contributed by atoms with E-state index in [-0.39, 0.29) is 0 Å². The van der Waals surface area contributed by atoms with Crippen LogP contribution in [-0.4, -0.2) is 28.3 Å². The second kappa shape index (κ2) is 7.44. The van der Waals surface area contributed by atoms with Gasteiger partial charge in [0.1, 0.15) is 6.10 Å². The molecule has 0 saturated carbocycles. The molecule has 1 aliphatic rings. The van der Waals surface area contributed by atoms with E-state index in [0.717, 1.165) is 32.0 Å². The average Bonchev–Trinajstić information content (AvgIpc) is 2.45. The highest BCUT2D eigenvalue weighted by Gasteiger charge is 2.14. The quantitative estimate of drug-likeness (QED) is 0.788. The number of aromatic nitrogens is 2. The Morgan fingerprint density at radius 1 is 1.22 bits per heavy atom.